The number of benzene rings is 2. The minimum absolute atomic E-state index is 0.184. The van der Waals surface area contributed by atoms with Crippen molar-refractivity contribution in [2.45, 2.75) is 25.8 Å². The van der Waals surface area contributed by atoms with E-state index in [1.54, 1.807) is 43.0 Å². The SMILES string of the molecule is CCC(=O)N[C@@H](CCSC)C(=O)Nc1cc(N(C)c2cc(=O)oc3ccccc23)ccc1OC. The lowest BCUT2D eigenvalue weighted by atomic mass is 10.1. The van der Waals surface area contributed by atoms with Gasteiger partial charge in [0.05, 0.1) is 18.5 Å². The first-order valence-corrected chi connectivity index (χ1v) is 12.3. The van der Waals surface area contributed by atoms with E-state index in [2.05, 4.69) is 10.6 Å². The van der Waals surface area contributed by atoms with Crippen molar-refractivity contribution in [1.82, 2.24) is 5.32 Å². The molecular formula is C25H29N3O5S. The van der Waals surface area contributed by atoms with E-state index in [-0.39, 0.29) is 11.8 Å². The van der Waals surface area contributed by atoms with Gasteiger partial charge in [0.2, 0.25) is 11.8 Å². The molecule has 34 heavy (non-hydrogen) atoms. The third-order valence-corrected chi connectivity index (χ3v) is 6.05. The van der Waals surface area contributed by atoms with E-state index in [0.717, 1.165) is 16.8 Å². The summed E-state index contributed by atoms with van der Waals surface area (Å²) in [4.78, 5) is 39.0. The molecule has 0 unspecified atom stereocenters. The molecule has 1 heterocycles. The molecule has 8 nitrogen and oxygen atoms in total. The summed E-state index contributed by atoms with van der Waals surface area (Å²) in [5.74, 6) is 0.704. The zero-order chi connectivity index (χ0) is 24.7. The van der Waals surface area contributed by atoms with Gasteiger partial charge in [-0.1, -0.05) is 19.1 Å². The third-order valence-electron chi connectivity index (χ3n) is 5.40. The average Bonchev–Trinajstić information content (AvgIpc) is 2.85. The molecule has 0 aliphatic rings. The number of hydrogen-bond acceptors (Lipinski definition) is 7. The van der Waals surface area contributed by atoms with Gasteiger partial charge in [-0.3, -0.25) is 9.59 Å². The van der Waals surface area contributed by atoms with Crippen LogP contribution in [-0.4, -0.2) is 44.0 Å². The molecule has 2 aromatic carbocycles. The monoisotopic (exact) mass is 483 g/mol. The molecule has 0 aliphatic heterocycles. The topological polar surface area (TPSA) is 101 Å². The van der Waals surface area contributed by atoms with Crippen LogP contribution in [0.25, 0.3) is 11.0 Å². The van der Waals surface area contributed by atoms with Crippen LogP contribution in [0.4, 0.5) is 17.1 Å². The lowest BCUT2D eigenvalue weighted by Gasteiger charge is -2.23. The number of thioether (sulfide) groups is 1. The predicted molar refractivity (Wildman–Crippen MR) is 137 cm³/mol. The molecule has 0 saturated heterocycles. The Morgan fingerprint density at radius 2 is 1.94 bits per heavy atom. The van der Waals surface area contributed by atoms with Gasteiger partial charge in [-0.2, -0.15) is 11.8 Å². The Labute approximate surface area is 202 Å². The summed E-state index contributed by atoms with van der Waals surface area (Å²) in [6, 6.07) is 13.4. The number of hydrogen-bond donors (Lipinski definition) is 2. The first-order chi connectivity index (χ1) is 16.4. The van der Waals surface area contributed by atoms with Crippen molar-refractivity contribution in [3.63, 3.8) is 0 Å². The summed E-state index contributed by atoms with van der Waals surface area (Å²) < 4.78 is 10.8. The number of para-hydroxylation sites is 1. The molecule has 0 bridgehead atoms. The van der Waals surface area contributed by atoms with E-state index in [0.29, 0.717) is 35.5 Å². The second-order valence-electron chi connectivity index (χ2n) is 7.63. The highest BCUT2D eigenvalue weighted by Crippen LogP contribution is 2.34. The van der Waals surface area contributed by atoms with Gasteiger partial charge >= 0.3 is 5.63 Å². The normalized spacial score (nSPS) is 11.6. The average molecular weight is 484 g/mol. The molecular weight excluding hydrogens is 454 g/mol. The molecule has 180 valence electrons. The third kappa shape index (κ3) is 5.91. The highest BCUT2D eigenvalue weighted by molar-refractivity contribution is 7.98. The second-order valence-corrected chi connectivity index (χ2v) is 8.62. The number of anilines is 3. The first kappa shape index (κ1) is 25.2. The quantitative estimate of drug-likeness (QED) is 0.418. The summed E-state index contributed by atoms with van der Waals surface area (Å²) in [5, 5.41) is 6.47. The number of carbonyl (C=O) groups excluding carboxylic acids is 2. The lowest BCUT2D eigenvalue weighted by molar-refractivity contribution is -0.126. The largest absolute Gasteiger partial charge is 0.495 e. The number of methoxy groups -OCH3 is 1. The number of amides is 2. The van der Waals surface area contributed by atoms with E-state index in [9.17, 15) is 14.4 Å². The van der Waals surface area contributed by atoms with Gasteiger partial charge in [-0.15, -0.1) is 0 Å². The molecule has 3 aromatic rings. The standard InChI is InChI=1S/C25H29N3O5S/c1-5-23(29)26-18(12-13-34-4)25(31)27-19-14-16(10-11-22(19)32-3)28(2)20-15-24(30)33-21-9-7-6-8-17(20)21/h6-11,14-15,18H,5,12-13H2,1-4H3,(H,26,29)(H,27,31)/t18-/m0/s1. The van der Waals surface area contributed by atoms with Crippen LogP contribution in [0.1, 0.15) is 19.8 Å². The molecule has 0 spiro atoms. The van der Waals surface area contributed by atoms with Crippen LogP contribution in [0.3, 0.4) is 0 Å². The van der Waals surface area contributed by atoms with Crippen LogP contribution >= 0.6 is 11.8 Å². The maximum Gasteiger partial charge on any atom is 0.338 e. The number of rotatable bonds is 10. The van der Waals surface area contributed by atoms with E-state index in [1.165, 1.54) is 13.2 Å². The summed E-state index contributed by atoms with van der Waals surface area (Å²) in [6.07, 6.45) is 2.75. The summed E-state index contributed by atoms with van der Waals surface area (Å²) in [5.41, 5.74) is 1.89. The maximum atomic E-state index is 13.1. The van der Waals surface area contributed by atoms with Gasteiger partial charge in [0.25, 0.3) is 0 Å². The minimum atomic E-state index is -0.659. The second kappa shape index (κ2) is 11.6. The molecule has 1 aromatic heterocycles. The highest BCUT2D eigenvalue weighted by Gasteiger charge is 2.22. The van der Waals surface area contributed by atoms with Gasteiger partial charge in [0.15, 0.2) is 0 Å². The Balaban J connectivity index is 1.93. The maximum absolute atomic E-state index is 13.1. The Morgan fingerprint density at radius 3 is 2.65 bits per heavy atom. The van der Waals surface area contributed by atoms with Crippen molar-refractivity contribution in [2.24, 2.45) is 0 Å². The number of ether oxygens (including phenoxy) is 1. The smallest absolute Gasteiger partial charge is 0.338 e. The van der Waals surface area contributed by atoms with Crippen LogP contribution in [-0.2, 0) is 9.59 Å². The Hall–Kier alpha value is -3.46. The van der Waals surface area contributed by atoms with Crippen LogP contribution in [0.5, 0.6) is 5.75 Å². The summed E-state index contributed by atoms with van der Waals surface area (Å²) >= 11 is 1.61. The number of nitrogens with one attached hydrogen (secondary N) is 2. The van der Waals surface area contributed by atoms with Crippen molar-refractivity contribution in [3.8, 4) is 5.75 Å². The fraction of sp³-hybridized carbons (Fsp3) is 0.320. The van der Waals surface area contributed by atoms with Crippen molar-refractivity contribution in [2.75, 3.05) is 36.4 Å². The molecule has 0 fully saturated rings. The molecule has 2 amide bonds. The molecule has 9 heteroatoms. The Bertz CT molecular complexity index is 1230. The fourth-order valence-electron chi connectivity index (χ4n) is 3.53. The molecule has 0 saturated carbocycles. The zero-order valence-corrected chi connectivity index (χ0v) is 20.5. The zero-order valence-electron chi connectivity index (χ0n) is 19.7. The predicted octanol–water partition coefficient (Wildman–Crippen LogP) is 4.16. The van der Waals surface area contributed by atoms with Gasteiger partial charge < -0.3 is 24.7 Å². The fourth-order valence-corrected chi connectivity index (χ4v) is 4.01. The lowest BCUT2D eigenvalue weighted by Crippen LogP contribution is -2.44. The van der Waals surface area contributed by atoms with E-state index >= 15 is 0 Å². The van der Waals surface area contributed by atoms with E-state index < -0.39 is 11.7 Å². The van der Waals surface area contributed by atoms with E-state index in [1.807, 2.05) is 36.4 Å². The molecule has 0 aliphatic carbocycles. The number of fused-ring (bicyclic) bond motifs is 1. The van der Waals surface area contributed by atoms with Crippen molar-refractivity contribution in [1.29, 1.82) is 0 Å². The van der Waals surface area contributed by atoms with Crippen molar-refractivity contribution < 1.29 is 18.7 Å². The van der Waals surface area contributed by atoms with Gasteiger partial charge in [-0.25, -0.2) is 4.79 Å². The van der Waals surface area contributed by atoms with Crippen molar-refractivity contribution >= 4 is 51.6 Å². The highest BCUT2D eigenvalue weighted by atomic mass is 32.2. The van der Waals surface area contributed by atoms with Crippen molar-refractivity contribution in [3.05, 3.63) is 59.0 Å². The molecule has 0 radical (unpaired) electrons. The van der Waals surface area contributed by atoms with Gasteiger partial charge in [0.1, 0.15) is 17.4 Å². The summed E-state index contributed by atoms with van der Waals surface area (Å²) in [7, 11) is 3.35. The van der Waals surface area contributed by atoms with Crippen LogP contribution < -0.4 is 25.9 Å². The molecule has 2 N–H and O–H groups in total. The van der Waals surface area contributed by atoms with Gasteiger partial charge in [0, 0.05) is 30.6 Å². The number of carbonyl (C=O) groups is 2. The van der Waals surface area contributed by atoms with Crippen LogP contribution in [0.2, 0.25) is 0 Å². The molecule has 1 atom stereocenters. The molecule has 3 rings (SSSR count). The number of nitrogens with zero attached hydrogens (tertiary/aromatic N) is 1. The Kier molecular flexibility index (Phi) is 8.59. The van der Waals surface area contributed by atoms with Gasteiger partial charge in [-0.05, 0) is 48.8 Å². The van der Waals surface area contributed by atoms with Crippen LogP contribution in [0, 0.1) is 0 Å². The first-order valence-electron chi connectivity index (χ1n) is 10.9. The summed E-state index contributed by atoms with van der Waals surface area (Å²) in [6.45, 7) is 1.75. The van der Waals surface area contributed by atoms with E-state index in [4.69, 9.17) is 9.15 Å². The van der Waals surface area contributed by atoms with Crippen LogP contribution in [0.15, 0.2) is 57.7 Å². The Morgan fingerprint density at radius 1 is 1.18 bits per heavy atom. The minimum Gasteiger partial charge on any atom is -0.495 e.